The van der Waals surface area contributed by atoms with Gasteiger partial charge >= 0.3 is 0 Å². The molecule has 0 atom stereocenters. The lowest BCUT2D eigenvalue weighted by molar-refractivity contribution is 0.953. The molecule has 7 heteroatoms. The molecule has 0 saturated carbocycles. The van der Waals surface area contributed by atoms with Crippen LogP contribution in [0.1, 0.15) is 0 Å². The summed E-state index contributed by atoms with van der Waals surface area (Å²) in [6, 6.07) is 72.6. The van der Waals surface area contributed by atoms with Crippen molar-refractivity contribution in [3.63, 3.8) is 0 Å². The van der Waals surface area contributed by atoms with Crippen LogP contribution >= 0.6 is 0 Å². The van der Waals surface area contributed by atoms with Gasteiger partial charge in [-0.05, 0) is 83.9 Å². The molecule has 0 N–H and O–H groups in total. The number of aromatic nitrogens is 7. The lowest BCUT2D eigenvalue weighted by Crippen LogP contribution is -2.06. The fraction of sp³-hybridized carbons (Fsp3) is 0. The molecule has 63 heavy (non-hydrogen) atoms. The number of rotatable bonds is 6. The van der Waals surface area contributed by atoms with E-state index >= 15 is 0 Å². The van der Waals surface area contributed by atoms with E-state index < -0.39 is 0 Å². The zero-order valence-corrected chi connectivity index (χ0v) is 33.8. The molecule has 13 aromatic rings. The highest BCUT2D eigenvalue weighted by Gasteiger charge is 2.20. The highest BCUT2D eigenvalue weighted by Crippen LogP contribution is 2.39. The van der Waals surface area contributed by atoms with Gasteiger partial charge in [0, 0.05) is 55.6 Å². The number of pyridine rings is 1. The Kier molecular flexibility index (Phi) is 7.77. The minimum absolute atomic E-state index is 0.574. The van der Waals surface area contributed by atoms with Crippen molar-refractivity contribution in [2.24, 2.45) is 0 Å². The predicted octanol–water partition coefficient (Wildman–Crippen LogP) is 13.6. The van der Waals surface area contributed by atoms with Crippen LogP contribution in [0.15, 0.2) is 212 Å². The molecule has 0 saturated heterocycles. The van der Waals surface area contributed by atoms with Crippen LogP contribution < -0.4 is 0 Å². The highest BCUT2D eigenvalue weighted by molar-refractivity contribution is 6.12. The fourth-order valence-corrected chi connectivity index (χ4v) is 9.51. The predicted molar refractivity (Wildman–Crippen MR) is 257 cm³/mol. The van der Waals surface area contributed by atoms with Crippen LogP contribution in [-0.4, -0.2) is 33.6 Å². The minimum Gasteiger partial charge on any atom is -0.309 e. The Morgan fingerprint density at radius 2 is 0.762 bits per heavy atom. The number of hydrogen-bond acceptors (Lipinski definition) is 4. The zero-order valence-electron chi connectivity index (χ0n) is 33.8. The van der Waals surface area contributed by atoms with Gasteiger partial charge in [0.2, 0.25) is 5.95 Å². The first-order valence-electron chi connectivity index (χ1n) is 21.1. The lowest BCUT2D eigenvalue weighted by Gasteiger charge is -2.12. The molecule has 5 aromatic heterocycles. The monoisotopic (exact) mass is 805 g/mol. The minimum atomic E-state index is 0.574. The van der Waals surface area contributed by atoms with Crippen molar-refractivity contribution >= 4 is 65.5 Å². The molecule has 294 valence electrons. The van der Waals surface area contributed by atoms with Gasteiger partial charge in [-0.3, -0.25) is 9.55 Å². The van der Waals surface area contributed by atoms with Crippen LogP contribution in [0.4, 0.5) is 0 Å². The van der Waals surface area contributed by atoms with Crippen LogP contribution in [0.3, 0.4) is 0 Å². The molecule has 0 amide bonds. The second-order valence-electron chi connectivity index (χ2n) is 15.9. The maximum absolute atomic E-state index is 5.16. The quantitative estimate of drug-likeness (QED) is 0.168. The van der Waals surface area contributed by atoms with E-state index in [9.17, 15) is 0 Å². The molecule has 0 radical (unpaired) electrons. The van der Waals surface area contributed by atoms with Gasteiger partial charge in [-0.1, -0.05) is 133 Å². The first-order chi connectivity index (χ1) is 31.2. The summed E-state index contributed by atoms with van der Waals surface area (Å²) in [6.45, 7) is 0. The third-order valence-corrected chi connectivity index (χ3v) is 12.4. The van der Waals surface area contributed by atoms with Crippen molar-refractivity contribution in [2.45, 2.75) is 0 Å². The average molecular weight is 806 g/mol. The topological polar surface area (TPSA) is 66.3 Å². The van der Waals surface area contributed by atoms with E-state index in [0.29, 0.717) is 17.6 Å². The van der Waals surface area contributed by atoms with Crippen LogP contribution in [0.2, 0.25) is 0 Å². The standard InChI is InChI=1S/C56H35N7/c1-3-14-36(15-4-1)54-58-55(37-16-5-2-6-17-37)60-56(59-54)63-48-22-11-7-18-42(48)44-31-25-39(35-52(44)63)38-26-32-50-46(34-38)43-19-8-10-21-47(43)61(50)40-27-29-41(30-28-40)62-49-23-12-9-20-45(49)53-51(62)24-13-33-57-53/h1-35H. The van der Waals surface area contributed by atoms with Crippen molar-refractivity contribution in [3.8, 4) is 51.2 Å². The number of para-hydroxylation sites is 3. The molecule has 0 aliphatic heterocycles. The fourth-order valence-electron chi connectivity index (χ4n) is 9.51. The van der Waals surface area contributed by atoms with E-state index in [1.54, 1.807) is 0 Å². The normalized spacial score (nSPS) is 11.8. The molecule has 5 heterocycles. The number of hydrogen-bond donors (Lipinski definition) is 0. The summed E-state index contributed by atoms with van der Waals surface area (Å²) >= 11 is 0. The van der Waals surface area contributed by atoms with E-state index in [2.05, 4.69) is 153 Å². The Morgan fingerprint density at radius 1 is 0.286 bits per heavy atom. The van der Waals surface area contributed by atoms with E-state index in [0.717, 1.165) is 88.4 Å². The van der Waals surface area contributed by atoms with E-state index in [-0.39, 0.29) is 0 Å². The summed E-state index contributed by atoms with van der Waals surface area (Å²) in [6.07, 6.45) is 1.87. The number of benzene rings is 8. The zero-order chi connectivity index (χ0) is 41.4. The molecule has 8 aromatic carbocycles. The molecular weight excluding hydrogens is 771 g/mol. The maximum atomic E-state index is 5.16. The highest BCUT2D eigenvalue weighted by atomic mass is 15.2. The van der Waals surface area contributed by atoms with E-state index in [1.165, 1.54) is 10.8 Å². The Labute approximate surface area is 361 Å². The van der Waals surface area contributed by atoms with Crippen LogP contribution in [0.5, 0.6) is 0 Å². The third-order valence-electron chi connectivity index (χ3n) is 12.4. The van der Waals surface area contributed by atoms with Gasteiger partial charge in [0.25, 0.3) is 0 Å². The van der Waals surface area contributed by atoms with Gasteiger partial charge in [-0.15, -0.1) is 0 Å². The van der Waals surface area contributed by atoms with Crippen molar-refractivity contribution in [2.75, 3.05) is 0 Å². The van der Waals surface area contributed by atoms with E-state index in [4.69, 9.17) is 19.9 Å². The largest absolute Gasteiger partial charge is 0.309 e. The molecule has 0 aliphatic carbocycles. The summed E-state index contributed by atoms with van der Waals surface area (Å²) in [5.74, 6) is 1.83. The first-order valence-corrected chi connectivity index (χ1v) is 21.1. The van der Waals surface area contributed by atoms with Crippen LogP contribution in [0.25, 0.3) is 117 Å². The van der Waals surface area contributed by atoms with Gasteiger partial charge in [0.15, 0.2) is 11.6 Å². The molecule has 13 rings (SSSR count). The summed E-state index contributed by atoms with van der Waals surface area (Å²) in [5.41, 5.74) is 13.9. The number of fused-ring (bicyclic) bond motifs is 9. The van der Waals surface area contributed by atoms with Gasteiger partial charge < -0.3 is 9.13 Å². The van der Waals surface area contributed by atoms with E-state index in [1.807, 2.05) is 72.9 Å². The average Bonchev–Trinajstić information content (AvgIpc) is 4.00. The molecule has 0 bridgehead atoms. The molecule has 0 fully saturated rings. The Balaban J connectivity index is 0.957. The second-order valence-corrected chi connectivity index (χ2v) is 15.9. The van der Waals surface area contributed by atoms with Gasteiger partial charge in [-0.2, -0.15) is 9.97 Å². The summed E-state index contributed by atoms with van der Waals surface area (Å²) < 4.78 is 6.88. The third kappa shape index (κ3) is 5.53. The maximum Gasteiger partial charge on any atom is 0.238 e. The van der Waals surface area contributed by atoms with Gasteiger partial charge in [0.1, 0.15) is 0 Å². The van der Waals surface area contributed by atoms with Gasteiger partial charge in [-0.25, -0.2) is 4.98 Å². The van der Waals surface area contributed by atoms with Gasteiger partial charge in [0.05, 0.1) is 38.6 Å². The lowest BCUT2D eigenvalue weighted by atomic mass is 10.0. The SMILES string of the molecule is c1ccc(-c2nc(-c3ccccc3)nc(-n3c4ccccc4c4ccc(-c5ccc6c(c5)c5ccccc5n6-c5ccc(-n6c7ccccc7c7ncccc76)cc5)cc43)n2)cc1. The molecule has 0 spiro atoms. The second kappa shape index (κ2) is 13.9. The van der Waals surface area contributed by atoms with Crippen molar-refractivity contribution in [1.82, 2.24) is 33.6 Å². The summed E-state index contributed by atoms with van der Waals surface area (Å²) in [4.78, 5) is 20.1. The van der Waals surface area contributed by atoms with Crippen molar-refractivity contribution in [3.05, 3.63) is 212 Å². The number of nitrogens with zero attached hydrogens (tertiary/aromatic N) is 7. The summed E-state index contributed by atoms with van der Waals surface area (Å²) in [5, 5.41) is 5.82. The molecule has 0 aliphatic rings. The molecular formula is C56H35N7. The smallest absolute Gasteiger partial charge is 0.238 e. The Hall–Kier alpha value is -8.68. The van der Waals surface area contributed by atoms with Crippen molar-refractivity contribution < 1.29 is 0 Å². The van der Waals surface area contributed by atoms with Crippen LogP contribution in [0, 0.1) is 0 Å². The Bertz CT molecular complexity index is 3790. The molecule has 7 nitrogen and oxygen atoms in total. The first kappa shape index (κ1) is 35.1. The Morgan fingerprint density at radius 3 is 1.43 bits per heavy atom. The van der Waals surface area contributed by atoms with Crippen LogP contribution in [-0.2, 0) is 0 Å². The summed E-state index contributed by atoms with van der Waals surface area (Å²) in [7, 11) is 0. The molecule has 0 unspecified atom stereocenters. The van der Waals surface area contributed by atoms with Crippen molar-refractivity contribution in [1.29, 1.82) is 0 Å².